The van der Waals surface area contributed by atoms with Gasteiger partial charge in [0.25, 0.3) is 0 Å². The minimum Gasteiger partial charge on any atom is -0.356 e. The first-order valence-corrected chi connectivity index (χ1v) is 8.59. The van der Waals surface area contributed by atoms with E-state index in [0.717, 1.165) is 17.8 Å². The fourth-order valence-corrected chi connectivity index (χ4v) is 3.23. The van der Waals surface area contributed by atoms with Gasteiger partial charge in [0.15, 0.2) is 5.96 Å². The monoisotopic (exact) mass is 399 g/mol. The van der Waals surface area contributed by atoms with E-state index in [4.69, 9.17) is 0 Å². The molecule has 0 bridgehead atoms. The molecule has 0 heterocycles. The van der Waals surface area contributed by atoms with Gasteiger partial charge < -0.3 is 10.6 Å². The van der Waals surface area contributed by atoms with E-state index in [1.165, 1.54) is 44.9 Å². The second-order valence-corrected chi connectivity index (χ2v) is 6.21. The van der Waals surface area contributed by atoms with Gasteiger partial charge in [-0.2, -0.15) is 11.8 Å². The van der Waals surface area contributed by atoms with Crippen LogP contribution in [0.4, 0.5) is 0 Å². The number of hydrogen-bond acceptors (Lipinski definition) is 2. The Balaban J connectivity index is 0.00000324. The fraction of sp³-hybridized carbons (Fsp3) is 0.929. The molecule has 1 aliphatic rings. The maximum atomic E-state index is 4.31. The highest BCUT2D eigenvalue weighted by molar-refractivity contribution is 14.0. The molecule has 3 nitrogen and oxygen atoms in total. The molecule has 1 aliphatic carbocycles. The zero-order chi connectivity index (χ0) is 13.2. The average molecular weight is 399 g/mol. The van der Waals surface area contributed by atoms with Gasteiger partial charge in [-0.15, -0.1) is 24.0 Å². The van der Waals surface area contributed by atoms with E-state index in [-0.39, 0.29) is 24.0 Å². The molecule has 0 radical (unpaired) electrons. The van der Waals surface area contributed by atoms with E-state index in [9.17, 15) is 0 Å². The molecule has 0 saturated heterocycles. The fourth-order valence-electron chi connectivity index (χ4n) is 2.43. The predicted molar refractivity (Wildman–Crippen MR) is 99.0 cm³/mol. The summed E-state index contributed by atoms with van der Waals surface area (Å²) in [6.07, 6.45) is 11.3. The van der Waals surface area contributed by atoms with E-state index in [1.54, 1.807) is 0 Å². The van der Waals surface area contributed by atoms with Crippen molar-refractivity contribution in [2.24, 2.45) is 4.99 Å². The van der Waals surface area contributed by atoms with Crippen LogP contribution in [0.15, 0.2) is 4.99 Å². The normalized spacial score (nSPS) is 23.0. The Labute approximate surface area is 140 Å². The van der Waals surface area contributed by atoms with Crippen LogP contribution in [0.25, 0.3) is 0 Å². The summed E-state index contributed by atoms with van der Waals surface area (Å²) in [4.78, 5) is 4.31. The second-order valence-electron chi connectivity index (χ2n) is 5.07. The lowest BCUT2D eigenvalue weighted by Crippen LogP contribution is -2.42. The summed E-state index contributed by atoms with van der Waals surface area (Å²) in [7, 11) is 1.86. The number of aliphatic imine (C=N–C) groups is 1. The Morgan fingerprint density at radius 2 is 2.05 bits per heavy atom. The van der Waals surface area contributed by atoms with Crippen molar-refractivity contribution < 1.29 is 0 Å². The van der Waals surface area contributed by atoms with Gasteiger partial charge >= 0.3 is 0 Å². The Bertz CT molecular complexity index is 249. The lowest BCUT2D eigenvalue weighted by Gasteiger charge is -2.17. The number of rotatable bonds is 7. The van der Waals surface area contributed by atoms with Crippen molar-refractivity contribution in [3.63, 3.8) is 0 Å². The number of nitrogens with zero attached hydrogens (tertiary/aromatic N) is 1. The number of unbranched alkanes of at least 4 members (excludes halogenated alkanes) is 3. The zero-order valence-electron chi connectivity index (χ0n) is 12.6. The molecular weight excluding hydrogens is 369 g/mol. The SMILES string of the molecule is CCCCCCNC(=NC)NC1CCC(SC)C1.I. The first kappa shape index (κ1) is 19.4. The standard InChI is InChI=1S/C14H29N3S.HI/c1-4-5-6-7-10-16-14(15-2)17-12-8-9-13(11-12)18-3;/h12-13H,4-11H2,1-3H3,(H2,15,16,17);1H. The van der Waals surface area contributed by atoms with Crippen LogP contribution in [-0.2, 0) is 0 Å². The lowest BCUT2D eigenvalue weighted by atomic mass is 10.2. The summed E-state index contributed by atoms with van der Waals surface area (Å²) < 4.78 is 0. The molecule has 19 heavy (non-hydrogen) atoms. The van der Waals surface area contributed by atoms with Crippen molar-refractivity contribution >= 4 is 41.7 Å². The lowest BCUT2D eigenvalue weighted by molar-refractivity contribution is 0.602. The highest BCUT2D eigenvalue weighted by Gasteiger charge is 2.24. The Morgan fingerprint density at radius 1 is 1.26 bits per heavy atom. The smallest absolute Gasteiger partial charge is 0.191 e. The van der Waals surface area contributed by atoms with Crippen LogP contribution in [-0.4, -0.2) is 37.1 Å². The molecule has 1 saturated carbocycles. The number of hydrogen-bond donors (Lipinski definition) is 2. The molecular formula is C14H30IN3S. The third-order valence-electron chi connectivity index (χ3n) is 3.61. The predicted octanol–water partition coefficient (Wildman–Crippen LogP) is 3.63. The van der Waals surface area contributed by atoms with Crippen LogP contribution in [0.3, 0.4) is 0 Å². The summed E-state index contributed by atoms with van der Waals surface area (Å²) in [6.45, 7) is 3.29. The van der Waals surface area contributed by atoms with Crippen LogP contribution in [0.2, 0.25) is 0 Å². The topological polar surface area (TPSA) is 36.4 Å². The molecule has 0 amide bonds. The van der Waals surface area contributed by atoms with Crippen molar-refractivity contribution in [1.29, 1.82) is 0 Å². The van der Waals surface area contributed by atoms with Gasteiger partial charge in [-0.25, -0.2) is 0 Å². The van der Waals surface area contributed by atoms with Crippen molar-refractivity contribution in [2.75, 3.05) is 19.8 Å². The van der Waals surface area contributed by atoms with E-state index in [1.807, 2.05) is 18.8 Å². The first-order chi connectivity index (χ1) is 8.80. The maximum absolute atomic E-state index is 4.31. The number of halogens is 1. The molecule has 5 heteroatoms. The minimum atomic E-state index is 0. The second kappa shape index (κ2) is 12.1. The van der Waals surface area contributed by atoms with Crippen LogP contribution in [0.1, 0.15) is 51.9 Å². The van der Waals surface area contributed by atoms with Gasteiger partial charge in [0.05, 0.1) is 0 Å². The third-order valence-corrected chi connectivity index (χ3v) is 4.70. The number of thioether (sulfide) groups is 1. The molecule has 0 aromatic heterocycles. The summed E-state index contributed by atoms with van der Waals surface area (Å²) >= 11 is 2.00. The zero-order valence-corrected chi connectivity index (χ0v) is 15.7. The molecule has 1 rings (SSSR count). The quantitative estimate of drug-likeness (QED) is 0.297. The van der Waals surface area contributed by atoms with E-state index >= 15 is 0 Å². The average Bonchev–Trinajstić information content (AvgIpc) is 2.84. The van der Waals surface area contributed by atoms with E-state index in [0.29, 0.717) is 6.04 Å². The van der Waals surface area contributed by atoms with Gasteiger partial charge in [0.2, 0.25) is 0 Å². The highest BCUT2D eigenvalue weighted by Crippen LogP contribution is 2.27. The molecule has 2 unspecified atom stereocenters. The van der Waals surface area contributed by atoms with Gasteiger partial charge in [-0.3, -0.25) is 4.99 Å². The van der Waals surface area contributed by atoms with E-state index in [2.05, 4.69) is 28.8 Å². The number of guanidine groups is 1. The minimum absolute atomic E-state index is 0. The molecule has 0 spiro atoms. The molecule has 0 aliphatic heterocycles. The van der Waals surface area contributed by atoms with Crippen molar-refractivity contribution in [3.8, 4) is 0 Å². The van der Waals surface area contributed by atoms with Gasteiger partial charge in [-0.05, 0) is 31.9 Å². The van der Waals surface area contributed by atoms with Gasteiger partial charge in [-0.1, -0.05) is 26.2 Å². The van der Waals surface area contributed by atoms with Crippen molar-refractivity contribution in [2.45, 2.75) is 63.2 Å². The summed E-state index contributed by atoms with van der Waals surface area (Å²) in [6, 6.07) is 0.615. The molecule has 1 fully saturated rings. The van der Waals surface area contributed by atoms with Gasteiger partial charge in [0, 0.05) is 24.9 Å². The van der Waals surface area contributed by atoms with Crippen molar-refractivity contribution in [1.82, 2.24) is 10.6 Å². The maximum Gasteiger partial charge on any atom is 0.191 e. The van der Waals surface area contributed by atoms with Crippen LogP contribution in [0, 0.1) is 0 Å². The summed E-state index contributed by atoms with van der Waals surface area (Å²) in [5.74, 6) is 0.984. The molecule has 2 atom stereocenters. The number of nitrogens with one attached hydrogen (secondary N) is 2. The molecule has 0 aromatic rings. The first-order valence-electron chi connectivity index (χ1n) is 7.30. The highest BCUT2D eigenvalue weighted by atomic mass is 127. The molecule has 0 aromatic carbocycles. The van der Waals surface area contributed by atoms with Crippen LogP contribution < -0.4 is 10.6 Å². The van der Waals surface area contributed by atoms with Crippen LogP contribution in [0.5, 0.6) is 0 Å². The largest absolute Gasteiger partial charge is 0.356 e. The Kier molecular flexibility index (Phi) is 12.3. The Hall–Kier alpha value is 0.350. The molecule has 114 valence electrons. The van der Waals surface area contributed by atoms with E-state index < -0.39 is 0 Å². The molecule has 2 N–H and O–H groups in total. The Morgan fingerprint density at radius 3 is 2.63 bits per heavy atom. The van der Waals surface area contributed by atoms with Gasteiger partial charge in [0.1, 0.15) is 0 Å². The summed E-state index contributed by atoms with van der Waals surface area (Å²) in [5.41, 5.74) is 0. The van der Waals surface area contributed by atoms with Crippen LogP contribution >= 0.6 is 35.7 Å². The van der Waals surface area contributed by atoms with Crippen molar-refractivity contribution in [3.05, 3.63) is 0 Å². The third kappa shape index (κ3) is 8.27. The summed E-state index contributed by atoms with van der Waals surface area (Å²) in [5, 5.41) is 7.80.